The predicted molar refractivity (Wildman–Crippen MR) is 72.0 cm³/mol. The Hall–Kier alpha value is -1.50. The van der Waals surface area contributed by atoms with Crippen LogP contribution in [-0.2, 0) is 16.0 Å². The van der Waals surface area contributed by atoms with Gasteiger partial charge >= 0.3 is 5.97 Å². The standard InChI is InChI=1S/C12H19N3O3S/c1-5-6-8-10(19-15-14-8)11(16)13-9(7(2)3)12(17)18-4/h7,9H,5-6H2,1-4H3,(H,13,16). The van der Waals surface area contributed by atoms with Gasteiger partial charge in [0.15, 0.2) is 0 Å². The first-order valence-electron chi connectivity index (χ1n) is 6.21. The van der Waals surface area contributed by atoms with Crippen LogP contribution in [-0.4, -0.2) is 34.6 Å². The Bertz CT molecular complexity index is 445. The van der Waals surface area contributed by atoms with Crippen molar-refractivity contribution >= 4 is 23.4 Å². The smallest absolute Gasteiger partial charge is 0.328 e. The molecule has 1 rings (SSSR count). The summed E-state index contributed by atoms with van der Waals surface area (Å²) in [4.78, 5) is 24.2. The second kappa shape index (κ2) is 7.18. The van der Waals surface area contributed by atoms with Crippen LogP contribution in [0.5, 0.6) is 0 Å². The van der Waals surface area contributed by atoms with Gasteiger partial charge in [0.05, 0.1) is 12.8 Å². The first-order chi connectivity index (χ1) is 9.01. The Labute approximate surface area is 116 Å². The van der Waals surface area contributed by atoms with Gasteiger partial charge in [0.25, 0.3) is 5.91 Å². The van der Waals surface area contributed by atoms with Crippen LogP contribution in [0.2, 0.25) is 0 Å². The van der Waals surface area contributed by atoms with Crippen LogP contribution in [0.15, 0.2) is 0 Å². The third-order valence-corrected chi connectivity index (χ3v) is 3.42. The number of nitrogens with one attached hydrogen (secondary N) is 1. The average Bonchev–Trinajstić information content (AvgIpc) is 2.83. The zero-order valence-corrected chi connectivity index (χ0v) is 12.4. The van der Waals surface area contributed by atoms with Crippen molar-refractivity contribution in [2.24, 2.45) is 5.92 Å². The molecule has 0 saturated heterocycles. The number of aromatic nitrogens is 2. The maximum atomic E-state index is 12.1. The van der Waals surface area contributed by atoms with E-state index < -0.39 is 12.0 Å². The van der Waals surface area contributed by atoms with Crippen LogP contribution in [0.4, 0.5) is 0 Å². The summed E-state index contributed by atoms with van der Waals surface area (Å²) < 4.78 is 8.48. The molecule has 1 N–H and O–H groups in total. The molecule has 0 aliphatic heterocycles. The monoisotopic (exact) mass is 285 g/mol. The average molecular weight is 285 g/mol. The highest BCUT2D eigenvalue weighted by Crippen LogP contribution is 2.14. The van der Waals surface area contributed by atoms with Gasteiger partial charge in [0.1, 0.15) is 10.9 Å². The summed E-state index contributed by atoms with van der Waals surface area (Å²) in [6.07, 6.45) is 1.58. The lowest BCUT2D eigenvalue weighted by atomic mass is 10.0. The number of hydrogen-bond donors (Lipinski definition) is 1. The number of amides is 1. The molecule has 1 unspecified atom stereocenters. The third kappa shape index (κ3) is 3.99. The Balaban J connectivity index is 2.82. The zero-order valence-electron chi connectivity index (χ0n) is 11.6. The Morgan fingerprint density at radius 3 is 2.63 bits per heavy atom. The molecule has 0 radical (unpaired) electrons. The van der Waals surface area contributed by atoms with Crippen molar-refractivity contribution in [3.8, 4) is 0 Å². The summed E-state index contributed by atoms with van der Waals surface area (Å²) >= 11 is 1.05. The van der Waals surface area contributed by atoms with Crippen LogP contribution in [0, 0.1) is 5.92 Å². The summed E-state index contributed by atoms with van der Waals surface area (Å²) in [5, 5.41) is 6.62. The van der Waals surface area contributed by atoms with Crippen LogP contribution in [0.1, 0.15) is 42.6 Å². The molecule has 1 aromatic heterocycles. The van der Waals surface area contributed by atoms with Crippen molar-refractivity contribution in [2.75, 3.05) is 7.11 Å². The molecule has 1 atom stereocenters. The largest absolute Gasteiger partial charge is 0.467 e. The summed E-state index contributed by atoms with van der Waals surface area (Å²) in [7, 11) is 1.31. The second-order valence-corrected chi connectivity index (χ2v) is 5.27. The second-order valence-electron chi connectivity index (χ2n) is 4.52. The molecule has 0 aromatic carbocycles. The van der Waals surface area contributed by atoms with E-state index in [0.717, 1.165) is 18.0 Å². The lowest BCUT2D eigenvalue weighted by Crippen LogP contribution is -2.45. The number of esters is 1. The molecular formula is C12H19N3O3S. The minimum atomic E-state index is -0.658. The molecule has 0 bridgehead atoms. The summed E-state index contributed by atoms with van der Waals surface area (Å²) in [5.74, 6) is -0.813. The van der Waals surface area contributed by atoms with Crippen LogP contribution < -0.4 is 5.32 Å². The molecule has 1 amide bonds. The van der Waals surface area contributed by atoms with Gasteiger partial charge in [-0.15, -0.1) is 5.10 Å². The van der Waals surface area contributed by atoms with Gasteiger partial charge in [-0.25, -0.2) is 4.79 Å². The highest BCUT2D eigenvalue weighted by atomic mass is 32.1. The van der Waals surface area contributed by atoms with E-state index in [1.165, 1.54) is 7.11 Å². The fraction of sp³-hybridized carbons (Fsp3) is 0.667. The number of hydrogen-bond acceptors (Lipinski definition) is 6. The molecule has 0 saturated carbocycles. The maximum Gasteiger partial charge on any atom is 0.328 e. The molecule has 0 fully saturated rings. The highest BCUT2D eigenvalue weighted by molar-refractivity contribution is 7.08. The quantitative estimate of drug-likeness (QED) is 0.799. The van der Waals surface area contributed by atoms with Crippen molar-refractivity contribution in [3.05, 3.63) is 10.6 Å². The number of nitrogens with zero attached hydrogens (tertiary/aromatic N) is 2. The Morgan fingerprint density at radius 2 is 2.11 bits per heavy atom. The molecule has 0 aliphatic rings. The summed E-state index contributed by atoms with van der Waals surface area (Å²) in [6, 6.07) is -0.658. The fourth-order valence-electron chi connectivity index (χ4n) is 1.61. The van der Waals surface area contributed by atoms with E-state index in [-0.39, 0.29) is 11.8 Å². The van der Waals surface area contributed by atoms with Crippen molar-refractivity contribution in [1.82, 2.24) is 14.9 Å². The zero-order chi connectivity index (χ0) is 14.4. The fourth-order valence-corrected chi connectivity index (χ4v) is 2.22. The number of methoxy groups -OCH3 is 1. The van der Waals surface area contributed by atoms with Crippen LogP contribution in [0.25, 0.3) is 0 Å². The van der Waals surface area contributed by atoms with E-state index in [1.54, 1.807) is 0 Å². The van der Waals surface area contributed by atoms with Crippen LogP contribution >= 0.6 is 11.5 Å². The van der Waals surface area contributed by atoms with Gasteiger partial charge in [-0.05, 0) is 23.9 Å². The molecule has 1 aromatic rings. The van der Waals surface area contributed by atoms with Gasteiger partial charge in [0.2, 0.25) is 0 Å². The van der Waals surface area contributed by atoms with Gasteiger partial charge in [-0.3, -0.25) is 4.79 Å². The van der Waals surface area contributed by atoms with Crippen molar-refractivity contribution in [2.45, 2.75) is 39.7 Å². The van der Waals surface area contributed by atoms with Gasteiger partial charge in [-0.2, -0.15) is 0 Å². The Kier molecular flexibility index (Phi) is 5.88. The number of carbonyl (C=O) groups excluding carboxylic acids is 2. The summed E-state index contributed by atoms with van der Waals surface area (Å²) in [5.41, 5.74) is 0.678. The van der Waals surface area contributed by atoms with Gasteiger partial charge < -0.3 is 10.1 Å². The van der Waals surface area contributed by atoms with Crippen molar-refractivity contribution in [1.29, 1.82) is 0 Å². The van der Waals surface area contributed by atoms with Crippen molar-refractivity contribution in [3.63, 3.8) is 0 Å². The van der Waals surface area contributed by atoms with Gasteiger partial charge in [-0.1, -0.05) is 31.7 Å². The van der Waals surface area contributed by atoms with E-state index in [2.05, 4.69) is 19.6 Å². The maximum absolute atomic E-state index is 12.1. The third-order valence-electron chi connectivity index (χ3n) is 2.66. The minimum absolute atomic E-state index is 0.0492. The molecule has 19 heavy (non-hydrogen) atoms. The topological polar surface area (TPSA) is 81.2 Å². The molecule has 7 heteroatoms. The van der Waals surface area contributed by atoms with Gasteiger partial charge in [0, 0.05) is 0 Å². The van der Waals surface area contributed by atoms with E-state index in [9.17, 15) is 9.59 Å². The van der Waals surface area contributed by atoms with E-state index in [4.69, 9.17) is 0 Å². The molecular weight excluding hydrogens is 266 g/mol. The Morgan fingerprint density at radius 1 is 1.42 bits per heavy atom. The molecule has 106 valence electrons. The number of rotatable bonds is 6. The highest BCUT2D eigenvalue weighted by Gasteiger charge is 2.27. The number of aryl methyl sites for hydroxylation is 1. The van der Waals surface area contributed by atoms with Crippen molar-refractivity contribution < 1.29 is 14.3 Å². The molecule has 0 spiro atoms. The van der Waals surface area contributed by atoms with E-state index in [0.29, 0.717) is 17.0 Å². The SMILES string of the molecule is CCCc1nnsc1C(=O)NC(C(=O)OC)C(C)C. The first kappa shape index (κ1) is 15.6. The normalized spacial score (nSPS) is 12.3. The first-order valence-corrected chi connectivity index (χ1v) is 6.98. The predicted octanol–water partition coefficient (Wildman–Crippen LogP) is 1.42. The van der Waals surface area contributed by atoms with Crippen LogP contribution in [0.3, 0.4) is 0 Å². The minimum Gasteiger partial charge on any atom is -0.467 e. The number of carbonyl (C=O) groups is 2. The van der Waals surface area contributed by atoms with E-state index >= 15 is 0 Å². The number of ether oxygens (including phenoxy) is 1. The van der Waals surface area contributed by atoms with E-state index in [1.807, 2.05) is 20.8 Å². The molecule has 6 nitrogen and oxygen atoms in total. The molecule has 0 aliphatic carbocycles. The lowest BCUT2D eigenvalue weighted by molar-refractivity contribution is -0.144. The molecule has 1 heterocycles. The lowest BCUT2D eigenvalue weighted by Gasteiger charge is -2.19. The summed E-state index contributed by atoms with van der Waals surface area (Å²) in [6.45, 7) is 5.70.